The largest absolute Gasteiger partial charge is 0.459 e. The highest BCUT2D eigenvalue weighted by Gasteiger charge is 2.28. The molecule has 172 valence electrons. The van der Waals surface area contributed by atoms with Crippen molar-refractivity contribution in [1.82, 2.24) is 4.57 Å². The van der Waals surface area contributed by atoms with Gasteiger partial charge in [-0.3, -0.25) is 4.79 Å². The highest BCUT2D eigenvalue weighted by atomic mass is 16.3. The molecule has 6 heteroatoms. The molecule has 5 aromatic rings. The van der Waals surface area contributed by atoms with Gasteiger partial charge in [0.15, 0.2) is 0 Å². The average molecular weight is 454 g/mol. The SMILES string of the molecule is CC(C(N)=O)c1c(NCc2cc3ccccc3o2)n(C(CO)c2ccccc2)c2ccccc12. The number of para-hydroxylation sites is 2. The van der Waals surface area contributed by atoms with Crippen molar-refractivity contribution in [3.63, 3.8) is 0 Å². The lowest BCUT2D eigenvalue weighted by Crippen LogP contribution is -2.21. The van der Waals surface area contributed by atoms with E-state index in [1.807, 2.05) is 91.9 Å². The molecule has 0 saturated carbocycles. The minimum absolute atomic E-state index is 0.105. The Morgan fingerprint density at radius 3 is 2.47 bits per heavy atom. The van der Waals surface area contributed by atoms with Crippen LogP contribution in [0.15, 0.2) is 89.3 Å². The van der Waals surface area contributed by atoms with Crippen molar-refractivity contribution in [1.29, 1.82) is 0 Å². The zero-order valence-electron chi connectivity index (χ0n) is 18.9. The number of amides is 1. The first-order chi connectivity index (χ1) is 16.6. The molecular formula is C28H27N3O3. The van der Waals surface area contributed by atoms with Gasteiger partial charge >= 0.3 is 0 Å². The molecule has 0 saturated heterocycles. The summed E-state index contributed by atoms with van der Waals surface area (Å²) in [6, 6.07) is 27.3. The van der Waals surface area contributed by atoms with E-state index in [2.05, 4.69) is 9.88 Å². The van der Waals surface area contributed by atoms with Gasteiger partial charge in [0.05, 0.1) is 30.6 Å². The summed E-state index contributed by atoms with van der Waals surface area (Å²) in [6.07, 6.45) is 0. The molecule has 0 aliphatic rings. The molecule has 6 nitrogen and oxygen atoms in total. The molecule has 0 aliphatic heterocycles. The van der Waals surface area contributed by atoms with Gasteiger partial charge in [-0.2, -0.15) is 0 Å². The molecule has 0 fully saturated rings. The Balaban J connectivity index is 1.67. The van der Waals surface area contributed by atoms with Gasteiger partial charge in [-0.05, 0) is 30.7 Å². The minimum atomic E-state index is -0.528. The van der Waals surface area contributed by atoms with E-state index in [1.54, 1.807) is 0 Å². The Morgan fingerprint density at radius 2 is 1.74 bits per heavy atom. The number of hydrogen-bond acceptors (Lipinski definition) is 4. The number of benzene rings is 3. The molecule has 0 bridgehead atoms. The second kappa shape index (κ2) is 9.08. The number of aromatic nitrogens is 1. The van der Waals surface area contributed by atoms with Crippen LogP contribution in [0.4, 0.5) is 5.82 Å². The third-order valence-electron chi connectivity index (χ3n) is 6.39. The fourth-order valence-electron chi connectivity index (χ4n) is 4.68. The van der Waals surface area contributed by atoms with Crippen LogP contribution >= 0.6 is 0 Å². The molecule has 2 atom stereocenters. The van der Waals surface area contributed by atoms with E-state index in [0.29, 0.717) is 6.54 Å². The molecule has 0 radical (unpaired) electrons. The number of furan rings is 1. The van der Waals surface area contributed by atoms with Gasteiger partial charge in [-0.15, -0.1) is 0 Å². The normalized spacial score (nSPS) is 13.2. The van der Waals surface area contributed by atoms with Crippen molar-refractivity contribution >= 4 is 33.6 Å². The molecule has 3 aromatic carbocycles. The van der Waals surface area contributed by atoms with E-state index in [0.717, 1.165) is 44.6 Å². The number of nitrogens with one attached hydrogen (secondary N) is 1. The molecule has 0 aliphatic carbocycles. The van der Waals surface area contributed by atoms with Crippen LogP contribution in [0, 0.1) is 0 Å². The second-order valence-electron chi connectivity index (χ2n) is 8.49. The maximum absolute atomic E-state index is 12.3. The standard InChI is InChI=1S/C28H27N3O3/c1-18(27(29)33)26-22-12-6-7-13-23(22)31(24(17-32)19-9-3-2-4-10-19)28(26)30-16-21-15-20-11-5-8-14-25(20)34-21/h2-15,18,24,30,32H,16-17H2,1H3,(H2,29,33). The lowest BCUT2D eigenvalue weighted by Gasteiger charge is -2.23. The van der Waals surface area contributed by atoms with E-state index in [-0.39, 0.29) is 12.6 Å². The van der Waals surface area contributed by atoms with Crippen molar-refractivity contribution in [2.45, 2.75) is 25.4 Å². The fraction of sp³-hybridized carbons (Fsp3) is 0.179. The smallest absolute Gasteiger partial charge is 0.224 e. The number of anilines is 1. The number of primary amides is 1. The number of hydrogen-bond donors (Lipinski definition) is 3. The highest BCUT2D eigenvalue weighted by Crippen LogP contribution is 2.40. The molecule has 2 unspecified atom stereocenters. The molecule has 4 N–H and O–H groups in total. The summed E-state index contributed by atoms with van der Waals surface area (Å²) in [5, 5.41) is 16.0. The fourth-order valence-corrected chi connectivity index (χ4v) is 4.68. The van der Waals surface area contributed by atoms with Crippen LogP contribution in [0.1, 0.15) is 35.8 Å². The minimum Gasteiger partial charge on any atom is -0.459 e. The Morgan fingerprint density at radius 1 is 1.03 bits per heavy atom. The Hall–Kier alpha value is -4.03. The van der Waals surface area contributed by atoms with Gasteiger partial charge in [0, 0.05) is 16.3 Å². The van der Waals surface area contributed by atoms with Crippen molar-refractivity contribution < 1.29 is 14.3 Å². The Bertz CT molecular complexity index is 1420. The predicted molar refractivity (Wildman–Crippen MR) is 135 cm³/mol. The van der Waals surface area contributed by atoms with Gasteiger partial charge in [0.25, 0.3) is 0 Å². The Labute approximate surface area is 197 Å². The topological polar surface area (TPSA) is 93.4 Å². The predicted octanol–water partition coefficient (Wildman–Crippen LogP) is 5.17. The summed E-state index contributed by atoms with van der Waals surface area (Å²) in [5.74, 6) is 0.584. The summed E-state index contributed by atoms with van der Waals surface area (Å²) in [6.45, 7) is 2.13. The number of aliphatic hydroxyl groups is 1. The molecule has 0 spiro atoms. The maximum atomic E-state index is 12.3. The van der Waals surface area contributed by atoms with Crippen LogP contribution in [-0.2, 0) is 11.3 Å². The summed E-state index contributed by atoms with van der Waals surface area (Å²) in [5.41, 5.74) is 9.29. The van der Waals surface area contributed by atoms with Crippen molar-refractivity contribution in [3.05, 3.63) is 102 Å². The van der Waals surface area contributed by atoms with Crippen LogP contribution in [0.2, 0.25) is 0 Å². The third kappa shape index (κ3) is 3.82. The first-order valence-electron chi connectivity index (χ1n) is 11.4. The van der Waals surface area contributed by atoms with E-state index in [4.69, 9.17) is 10.2 Å². The van der Waals surface area contributed by atoms with Gasteiger partial charge < -0.3 is 25.1 Å². The zero-order chi connectivity index (χ0) is 23.7. The number of rotatable bonds is 8. The molecule has 2 heterocycles. The molecular weight excluding hydrogens is 426 g/mol. The van der Waals surface area contributed by atoms with Crippen molar-refractivity contribution in [2.24, 2.45) is 5.73 Å². The third-order valence-corrected chi connectivity index (χ3v) is 6.39. The molecule has 34 heavy (non-hydrogen) atoms. The van der Waals surface area contributed by atoms with Crippen LogP contribution in [0.5, 0.6) is 0 Å². The second-order valence-corrected chi connectivity index (χ2v) is 8.49. The monoisotopic (exact) mass is 453 g/mol. The highest BCUT2D eigenvalue weighted by molar-refractivity contribution is 5.96. The van der Waals surface area contributed by atoms with Gasteiger partial charge in [-0.25, -0.2) is 0 Å². The number of carbonyl (C=O) groups is 1. The van der Waals surface area contributed by atoms with Gasteiger partial charge in [0.1, 0.15) is 17.2 Å². The molecule has 5 rings (SSSR count). The number of nitrogens with zero attached hydrogens (tertiary/aromatic N) is 1. The van der Waals surface area contributed by atoms with E-state index < -0.39 is 11.8 Å². The quantitative estimate of drug-likeness (QED) is 0.302. The molecule has 1 amide bonds. The lowest BCUT2D eigenvalue weighted by atomic mass is 9.99. The number of aliphatic hydroxyl groups excluding tert-OH is 1. The van der Waals surface area contributed by atoms with Crippen LogP contribution in [-0.4, -0.2) is 22.2 Å². The number of carbonyl (C=O) groups excluding carboxylic acids is 1. The lowest BCUT2D eigenvalue weighted by molar-refractivity contribution is -0.119. The van der Waals surface area contributed by atoms with Crippen molar-refractivity contribution in [3.8, 4) is 0 Å². The molecule has 2 aromatic heterocycles. The number of fused-ring (bicyclic) bond motifs is 2. The van der Waals surface area contributed by atoms with Gasteiger partial charge in [0.2, 0.25) is 5.91 Å². The van der Waals surface area contributed by atoms with Crippen LogP contribution in [0.25, 0.3) is 21.9 Å². The Kier molecular flexibility index (Phi) is 5.82. The first kappa shape index (κ1) is 21.8. The summed E-state index contributed by atoms with van der Waals surface area (Å²) in [7, 11) is 0. The average Bonchev–Trinajstić information content (AvgIpc) is 3.42. The van der Waals surface area contributed by atoms with E-state index >= 15 is 0 Å². The summed E-state index contributed by atoms with van der Waals surface area (Å²) in [4.78, 5) is 12.3. The number of nitrogens with two attached hydrogens (primary N) is 1. The summed E-state index contributed by atoms with van der Waals surface area (Å²) >= 11 is 0. The van der Waals surface area contributed by atoms with Gasteiger partial charge in [-0.1, -0.05) is 66.7 Å². The zero-order valence-corrected chi connectivity index (χ0v) is 18.9. The van der Waals surface area contributed by atoms with Crippen LogP contribution < -0.4 is 11.1 Å². The van der Waals surface area contributed by atoms with Crippen LogP contribution in [0.3, 0.4) is 0 Å². The van der Waals surface area contributed by atoms with E-state index in [9.17, 15) is 9.90 Å². The summed E-state index contributed by atoms with van der Waals surface area (Å²) < 4.78 is 8.08. The van der Waals surface area contributed by atoms with E-state index in [1.165, 1.54) is 0 Å². The first-order valence-corrected chi connectivity index (χ1v) is 11.4. The maximum Gasteiger partial charge on any atom is 0.224 e. The van der Waals surface area contributed by atoms with Crippen molar-refractivity contribution in [2.75, 3.05) is 11.9 Å².